The number of likely N-dealkylation sites (tertiary alicyclic amines) is 1. The summed E-state index contributed by atoms with van der Waals surface area (Å²) in [5.74, 6) is 0.667. The minimum Gasteiger partial charge on any atom is -0.394 e. The molecule has 0 radical (unpaired) electrons. The van der Waals surface area contributed by atoms with E-state index in [2.05, 4.69) is 11.9 Å². The quantitative estimate of drug-likeness (QED) is 0.607. The predicted octanol–water partition coefficient (Wildman–Crippen LogP) is 0.0879. The highest BCUT2D eigenvalue weighted by Crippen LogP contribution is 2.31. The number of aliphatic hydroxyl groups excluding tert-OH is 1. The lowest BCUT2D eigenvalue weighted by atomic mass is 9.93. The van der Waals surface area contributed by atoms with Gasteiger partial charge in [-0.3, -0.25) is 0 Å². The summed E-state index contributed by atoms with van der Waals surface area (Å²) in [5, 5.41) is 8.94. The summed E-state index contributed by atoms with van der Waals surface area (Å²) in [4.78, 5) is 2.35. The molecule has 3 atom stereocenters. The van der Waals surface area contributed by atoms with Crippen LogP contribution >= 0.6 is 0 Å². The van der Waals surface area contributed by atoms with Crippen molar-refractivity contribution in [3.8, 4) is 0 Å². The highest BCUT2D eigenvalue weighted by atomic mass is 16.5. The van der Waals surface area contributed by atoms with Gasteiger partial charge in [0.1, 0.15) is 0 Å². The molecule has 0 aromatic heterocycles. The number of fused-ring (bicyclic) bond motifs is 1. The third-order valence-corrected chi connectivity index (χ3v) is 3.00. The molecule has 2 saturated heterocycles. The normalized spacial score (nSPS) is 43.0. The smallest absolute Gasteiger partial charge is 0.0813 e. The Morgan fingerprint density at radius 1 is 1.58 bits per heavy atom. The highest BCUT2D eigenvalue weighted by Gasteiger charge is 2.37. The second kappa shape index (κ2) is 3.32. The predicted molar refractivity (Wildman–Crippen MR) is 46.0 cm³/mol. The standard InChI is InChI=1S/C9H17NO2/c1-10-3-2-9-7(5-10)4-8(6-11)12-9/h7-9,11H,2-6H2,1H3. The largest absolute Gasteiger partial charge is 0.394 e. The maximum atomic E-state index is 8.94. The summed E-state index contributed by atoms with van der Waals surface area (Å²) >= 11 is 0. The summed E-state index contributed by atoms with van der Waals surface area (Å²) in [6, 6.07) is 0. The van der Waals surface area contributed by atoms with E-state index >= 15 is 0 Å². The second-order valence-electron chi connectivity index (χ2n) is 4.03. The third kappa shape index (κ3) is 1.49. The van der Waals surface area contributed by atoms with Crippen molar-refractivity contribution in [1.29, 1.82) is 0 Å². The van der Waals surface area contributed by atoms with E-state index in [-0.39, 0.29) is 12.7 Å². The molecule has 2 heterocycles. The van der Waals surface area contributed by atoms with Crippen molar-refractivity contribution in [2.45, 2.75) is 25.0 Å². The molecule has 0 amide bonds. The van der Waals surface area contributed by atoms with Crippen LogP contribution in [-0.4, -0.2) is 49.0 Å². The van der Waals surface area contributed by atoms with Crippen LogP contribution in [0.2, 0.25) is 0 Å². The molecule has 0 saturated carbocycles. The molecule has 0 aliphatic carbocycles. The molecule has 0 aromatic carbocycles. The number of nitrogens with zero attached hydrogens (tertiary/aromatic N) is 1. The van der Waals surface area contributed by atoms with Crippen molar-refractivity contribution < 1.29 is 9.84 Å². The number of rotatable bonds is 1. The van der Waals surface area contributed by atoms with E-state index in [4.69, 9.17) is 9.84 Å². The van der Waals surface area contributed by atoms with Gasteiger partial charge in [-0.25, -0.2) is 0 Å². The molecule has 2 fully saturated rings. The molecule has 2 aliphatic heterocycles. The average molecular weight is 171 g/mol. The van der Waals surface area contributed by atoms with Crippen LogP contribution in [0.3, 0.4) is 0 Å². The zero-order valence-electron chi connectivity index (χ0n) is 7.57. The van der Waals surface area contributed by atoms with Gasteiger partial charge in [0.05, 0.1) is 18.8 Å². The second-order valence-corrected chi connectivity index (χ2v) is 4.03. The van der Waals surface area contributed by atoms with Gasteiger partial charge in [0.2, 0.25) is 0 Å². The van der Waals surface area contributed by atoms with Gasteiger partial charge in [-0.05, 0) is 19.9 Å². The summed E-state index contributed by atoms with van der Waals surface area (Å²) in [7, 11) is 2.16. The first-order chi connectivity index (χ1) is 5.79. The van der Waals surface area contributed by atoms with E-state index in [9.17, 15) is 0 Å². The minimum atomic E-state index is 0.117. The van der Waals surface area contributed by atoms with E-state index in [1.54, 1.807) is 0 Å². The topological polar surface area (TPSA) is 32.7 Å². The van der Waals surface area contributed by atoms with Crippen LogP contribution in [0, 0.1) is 5.92 Å². The van der Waals surface area contributed by atoms with Crippen molar-refractivity contribution >= 4 is 0 Å². The monoisotopic (exact) mass is 171 g/mol. The first-order valence-electron chi connectivity index (χ1n) is 4.74. The highest BCUT2D eigenvalue weighted by molar-refractivity contribution is 4.87. The minimum absolute atomic E-state index is 0.117. The van der Waals surface area contributed by atoms with Crippen LogP contribution < -0.4 is 0 Å². The first kappa shape index (κ1) is 8.48. The molecule has 0 bridgehead atoms. The van der Waals surface area contributed by atoms with Crippen LogP contribution in [0.1, 0.15) is 12.8 Å². The molecule has 1 N–H and O–H groups in total. The van der Waals surface area contributed by atoms with E-state index in [1.807, 2.05) is 0 Å². The molecule has 3 nitrogen and oxygen atoms in total. The van der Waals surface area contributed by atoms with E-state index in [1.165, 1.54) is 0 Å². The van der Waals surface area contributed by atoms with Gasteiger partial charge in [-0.2, -0.15) is 0 Å². The Morgan fingerprint density at radius 2 is 2.42 bits per heavy atom. The summed E-state index contributed by atoms with van der Waals surface area (Å²) < 4.78 is 5.69. The SMILES string of the molecule is CN1CCC2OC(CO)CC2C1. The van der Waals surface area contributed by atoms with Gasteiger partial charge in [-0.1, -0.05) is 0 Å². The summed E-state index contributed by atoms with van der Waals surface area (Å²) in [5.41, 5.74) is 0. The third-order valence-electron chi connectivity index (χ3n) is 3.00. The van der Waals surface area contributed by atoms with E-state index < -0.39 is 0 Å². The zero-order valence-corrected chi connectivity index (χ0v) is 7.57. The molecule has 12 heavy (non-hydrogen) atoms. The Labute approximate surface area is 73.3 Å². The van der Waals surface area contributed by atoms with Crippen LogP contribution in [0.4, 0.5) is 0 Å². The van der Waals surface area contributed by atoms with E-state index in [0.717, 1.165) is 25.9 Å². The van der Waals surface area contributed by atoms with Gasteiger partial charge >= 0.3 is 0 Å². The Morgan fingerprint density at radius 3 is 3.17 bits per heavy atom. The lowest BCUT2D eigenvalue weighted by Crippen LogP contribution is -2.38. The van der Waals surface area contributed by atoms with Gasteiger partial charge in [0.15, 0.2) is 0 Å². The zero-order chi connectivity index (χ0) is 8.55. The van der Waals surface area contributed by atoms with Crippen molar-refractivity contribution in [3.05, 3.63) is 0 Å². The molecule has 3 heteroatoms. The number of hydrogen-bond acceptors (Lipinski definition) is 3. The molecule has 2 rings (SSSR count). The van der Waals surface area contributed by atoms with Crippen LogP contribution in [-0.2, 0) is 4.74 Å². The Hall–Kier alpha value is -0.120. The molecule has 2 aliphatic rings. The van der Waals surface area contributed by atoms with Crippen molar-refractivity contribution in [2.75, 3.05) is 26.7 Å². The molecule has 70 valence electrons. The van der Waals surface area contributed by atoms with Gasteiger partial charge in [-0.15, -0.1) is 0 Å². The molecular weight excluding hydrogens is 154 g/mol. The molecule has 0 spiro atoms. The maximum absolute atomic E-state index is 8.94. The lowest BCUT2D eigenvalue weighted by Gasteiger charge is -2.30. The van der Waals surface area contributed by atoms with Crippen LogP contribution in [0.25, 0.3) is 0 Å². The van der Waals surface area contributed by atoms with Crippen LogP contribution in [0.15, 0.2) is 0 Å². The van der Waals surface area contributed by atoms with Gasteiger partial charge in [0, 0.05) is 19.0 Å². The Balaban J connectivity index is 1.93. The first-order valence-corrected chi connectivity index (χ1v) is 4.74. The van der Waals surface area contributed by atoms with Gasteiger partial charge in [0.25, 0.3) is 0 Å². The number of hydrogen-bond donors (Lipinski definition) is 1. The van der Waals surface area contributed by atoms with E-state index in [0.29, 0.717) is 12.0 Å². The Bertz CT molecular complexity index is 163. The number of piperidine rings is 1. The van der Waals surface area contributed by atoms with Gasteiger partial charge < -0.3 is 14.7 Å². The fourth-order valence-corrected chi connectivity index (χ4v) is 2.36. The fraction of sp³-hybridized carbons (Fsp3) is 1.00. The number of ether oxygens (including phenoxy) is 1. The van der Waals surface area contributed by atoms with Crippen molar-refractivity contribution in [1.82, 2.24) is 4.90 Å². The van der Waals surface area contributed by atoms with Crippen molar-refractivity contribution in [3.63, 3.8) is 0 Å². The lowest BCUT2D eigenvalue weighted by molar-refractivity contribution is -0.0145. The molecule has 3 unspecified atom stereocenters. The molecular formula is C9H17NO2. The number of aliphatic hydroxyl groups is 1. The van der Waals surface area contributed by atoms with Crippen molar-refractivity contribution in [2.24, 2.45) is 5.92 Å². The Kier molecular flexibility index (Phi) is 2.35. The fourth-order valence-electron chi connectivity index (χ4n) is 2.36. The maximum Gasteiger partial charge on any atom is 0.0813 e. The summed E-state index contributed by atoms with van der Waals surface area (Å²) in [6.07, 6.45) is 2.73. The summed E-state index contributed by atoms with van der Waals surface area (Å²) in [6.45, 7) is 2.47. The van der Waals surface area contributed by atoms with Crippen LogP contribution in [0.5, 0.6) is 0 Å². The molecule has 0 aromatic rings. The average Bonchev–Trinajstić information content (AvgIpc) is 2.46.